The first kappa shape index (κ1) is 16.5. The molecule has 0 bridgehead atoms. The van der Waals surface area contributed by atoms with Gasteiger partial charge in [-0.25, -0.2) is 9.97 Å². The Morgan fingerprint density at radius 1 is 1.04 bits per heavy atom. The molecule has 4 heterocycles. The lowest BCUT2D eigenvalue weighted by atomic mass is 10.3. The average Bonchev–Trinajstić information content (AvgIpc) is 3.19. The maximum atomic E-state index is 12.2. The Morgan fingerprint density at radius 2 is 1.72 bits per heavy atom. The number of hydrogen-bond donors (Lipinski definition) is 0. The summed E-state index contributed by atoms with van der Waals surface area (Å²) >= 11 is 3.24. The highest BCUT2D eigenvalue weighted by Gasteiger charge is 2.23. The molecule has 0 aliphatic carbocycles. The minimum absolute atomic E-state index is 0.100. The van der Waals surface area contributed by atoms with Crippen LogP contribution in [0.1, 0.15) is 23.2 Å². The molecule has 1 saturated heterocycles. The highest BCUT2D eigenvalue weighted by Crippen LogP contribution is 2.28. The van der Waals surface area contributed by atoms with Crippen molar-refractivity contribution in [3.8, 4) is 0 Å². The van der Waals surface area contributed by atoms with E-state index in [0.29, 0.717) is 4.96 Å². The molecule has 0 aromatic carbocycles. The van der Waals surface area contributed by atoms with E-state index in [0.717, 1.165) is 54.3 Å². The topological polar surface area (TPSA) is 66.6 Å². The third-order valence-electron chi connectivity index (χ3n) is 4.49. The number of aryl methyl sites for hydroxylation is 3. The summed E-state index contributed by atoms with van der Waals surface area (Å²) in [4.78, 5) is 27.8. The zero-order valence-corrected chi connectivity index (χ0v) is 16.2. The van der Waals surface area contributed by atoms with Gasteiger partial charge < -0.3 is 9.80 Å². The molecule has 0 amide bonds. The van der Waals surface area contributed by atoms with Gasteiger partial charge in [-0.3, -0.25) is 4.79 Å². The van der Waals surface area contributed by atoms with Crippen LogP contribution in [0.4, 0.5) is 10.3 Å². The summed E-state index contributed by atoms with van der Waals surface area (Å²) in [6.07, 6.45) is 0.754. The molecule has 9 heteroatoms. The van der Waals surface area contributed by atoms with E-state index >= 15 is 0 Å². The van der Waals surface area contributed by atoms with Crippen LogP contribution in [0.15, 0.2) is 10.9 Å². The SMILES string of the molecule is CCc1cc(=O)n2nc(N3CCN(c4nc(C)c(C)s4)CC3)sc2n1. The van der Waals surface area contributed by atoms with Gasteiger partial charge in [0, 0.05) is 42.8 Å². The Hall–Kier alpha value is -2.00. The van der Waals surface area contributed by atoms with Crippen molar-refractivity contribution in [2.75, 3.05) is 36.0 Å². The fourth-order valence-electron chi connectivity index (χ4n) is 2.84. The molecule has 0 atom stereocenters. The number of rotatable bonds is 3. The Bertz CT molecular complexity index is 947. The second-order valence-electron chi connectivity index (χ2n) is 6.13. The van der Waals surface area contributed by atoms with Crippen LogP contribution in [0.2, 0.25) is 0 Å². The molecule has 0 unspecified atom stereocenters. The molecular weight excluding hydrogens is 356 g/mol. The summed E-state index contributed by atoms with van der Waals surface area (Å²) in [5.74, 6) is 0. The number of aromatic nitrogens is 4. The first-order chi connectivity index (χ1) is 12.0. The molecule has 0 radical (unpaired) electrons. The summed E-state index contributed by atoms with van der Waals surface area (Å²) in [6.45, 7) is 9.72. The van der Waals surface area contributed by atoms with E-state index in [1.165, 1.54) is 20.7 Å². The van der Waals surface area contributed by atoms with Gasteiger partial charge in [-0.2, -0.15) is 4.52 Å². The molecule has 1 aliphatic rings. The van der Waals surface area contributed by atoms with E-state index in [2.05, 4.69) is 38.7 Å². The van der Waals surface area contributed by atoms with Crippen LogP contribution in [0.25, 0.3) is 4.96 Å². The third kappa shape index (κ3) is 3.02. The summed E-state index contributed by atoms with van der Waals surface area (Å²) in [5.41, 5.74) is 1.84. The van der Waals surface area contributed by atoms with Crippen molar-refractivity contribution in [3.63, 3.8) is 0 Å². The second kappa shape index (κ2) is 6.38. The van der Waals surface area contributed by atoms with E-state index in [-0.39, 0.29) is 5.56 Å². The van der Waals surface area contributed by atoms with Crippen LogP contribution in [0.5, 0.6) is 0 Å². The molecule has 1 aliphatic heterocycles. The molecule has 7 nitrogen and oxygen atoms in total. The number of fused-ring (bicyclic) bond motifs is 1. The predicted molar refractivity (Wildman–Crippen MR) is 103 cm³/mol. The van der Waals surface area contributed by atoms with Gasteiger partial charge in [0.05, 0.1) is 5.69 Å². The van der Waals surface area contributed by atoms with Crippen molar-refractivity contribution >= 4 is 37.9 Å². The van der Waals surface area contributed by atoms with E-state index in [1.807, 2.05) is 6.92 Å². The molecule has 132 valence electrons. The van der Waals surface area contributed by atoms with Crippen LogP contribution < -0.4 is 15.4 Å². The Balaban J connectivity index is 1.53. The van der Waals surface area contributed by atoms with Crippen molar-refractivity contribution < 1.29 is 0 Å². The van der Waals surface area contributed by atoms with Gasteiger partial charge in [0.15, 0.2) is 5.13 Å². The molecule has 0 N–H and O–H groups in total. The molecule has 3 aromatic rings. The largest absolute Gasteiger partial charge is 0.345 e. The monoisotopic (exact) mass is 376 g/mol. The van der Waals surface area contributed by atoms with Crippen LogP contribution in [-0.4, -0.2) is 45.8 Å². The summed E-state index contributed by atoms with van der Waals surface area (Å²) in [7, 11) is 0. The Labute approximate surface area is 153 Å². The standard InChI is InChI=1S/C16H20N6OS2/c1-4-12-9-13(23)22-15(18-12)25-16(19-22)21-7-5-20(6-8-21)14-17-10(2)11(3)24-14/h9H,4-8H2,1-3H3. The fourth-order valence-corrected chi connectivity index (χ4v) is 4.77. The number of nitrogens with zero attached hydrogens (tertiary/aromatic N) is 6. The Kier molecular flexibility index (Phi) is 4.20. The van der Waals surface area contributed by atoms with Crippen molar-refractivity contribution in [1.29, 1.82) is 0 Å². The van der Waals surface area contributed by atoms with E-state index < -0.39 is 0 Å². The number of hydrogen-bond acceptors (Lipinski definition) is 8. The summed E-state index contributed by atoms with van der Waals surface area (Å²) in [5, 5.41) is 6.45. The van der Waals surface area contributed by atoms with Gasteiger partial charge >= 0.3 is 0 Å². The van der Waals surface area contributed by atoms with Gasteiger partial charge in [0.1, 0.15) is 0 Å². The number of thiazole rings is 1. The minimum atomic E-state index is -0.100. The molecule has 4 rings (SSSR count). The maximum Gasteiger partial charge on any atom is 0.275 e. The lowest BCUT2D eigenvalue weighted by Gasteiger charge is -2.34. The molecular formula is C16H20N6OS2. The van der Waals surface area contributed by atoms with Gasteiger partial charge in [0.25, 0.3) is 5.56 Å². The van der Waals surface area contributed by atoms with Gasteiger partial charge in [-0.15, -0.1) is 16.4 Å². The predicted octanol–water partition coefficient (Wildman–Crippen LogP) is 2.11. The van der Waals surface area contributed by atoms with Crippen LogP contribution in [0.3, 0.4) is 0 Å². The molecule has 0 spiro atoms. The normalized spacial score (nSPS) is 15.3. The number of anilines is 2. The fraction of sp³-hybridized carbons (Fsp3) is 0.500. The van der Waals surface area contributed by atoms with Crippen molar-refractivity contribution in [2.24, 2.45) is 0 Å². The first-order valence-corrected chi connectivity index (χ1v) is 10.0. The molecule has 0 saturated carbocycles. The van der Waals surface area contributed by atoms with Gasteiger partial charge in [-0.1, -0.05) is 18.3 Å². The lowest BCUT2D eigenvalue weighted by Crippen LogP contribution is -2.46. The average molecular weight is 377 g/mol. The Morgan fingerprint density at radius 3 is 2.32 bits per heavy atom. The van der Waals surface area contributed by atoms with Crippen molar-refractivity contribution in [3.05, 3.63) is 32.7 Å². The second-order valence-corrected chi connectivity index (χ2v) is 8.25. The number of piperazine rings is 1. The van der Waals surface area contributed by atoms with E-state index in [9.17, 15) is 4.79 Å². The van der Waals surface area contributed by atoms with Crippen LogP contribution >= 0.6 is 22.7 Å². The maximum absolute atomic E-state index is 12.2. The quantitative estimate of drug-likeness (QED) is 0.698. The van der Waals surface area contributed by atoms with Crippen molar-refractivity contribution in [2.45, 2.75) is 27.2 Å². The first-order valence-electron chi connectivity index (χ1n) is 8.39. The molecule has 25 heavy (non-hydrogen) atoms. The van der Waals surface area contributed by atoms with Crippen LogP contribution in [-0.2, 0) is 6.42 Å². The zero-order valence-electron chi connectivity index (χ0n) is 14.5. The van der Waals surface area contributed by atoms with Gasteiger partial charge in [0.2, 0.25) is 10.1 Å². The van der Waals surface area contributed by atoms with E-state index in [4.69, 9.17) is 0 Å². The summed E-state index contributed by atoms with van der Waals surface area (Å²) in [6, 6.07) is 1.57. The molecule has 1 fully saturated rings. The molecule has 3 aromatic heterocycles. The zero-order chi connectivity index (χ0) is 17.6. The lowest BCUT2D eigenvalue weighted by molar-refractivity contribution is 0.645. The smallest absolute Gasteiger partial charge is 0.275 e. The highest BCUT2D eigenvalue weighted by molar-refractivity contribution is 7.20. The minimum Gasteiger partial charge on any atom is -0.345 e. The summed E-state index contributed by atoms with van der Waals surface area (Å²) < 4.78 is 1.42. The van der Waals surface area contributed by atoms with Crippen molar-refractivity contribution in [1.82, 2.24) is 19.6 Å². The third-order valence-corrected chi connectivity index (χ3v) is 6.59. The van der Waals surface area contributed by atoms with Gasteiger partial charge in [-0.05, 0) is 20.3 Å². The van der Waals surface area contributed by atoms with E-state index in [1.54, 1.807) is 17.4 Å². The van der Waals surface area contributed by atoms with Crippen LogP contribution in [0, 0.1) is 13.8 Å². The highest BCUT2D eigenvalue weighted by atomic mass is 32.1.